The lowest BCUT2D eigenvalue weighted by Gasteiger charge is -2.23. The zero-order valence-electron chi connectivity index (χ0n) is 33.6. The molecular formula is C43H33Cl2N10O5PS3. The second-order valence-corrected chi connectivity index (χ2v) is 17.3. The molecule has 3 aromatic heterocycles. The number of aliphatic hydroxyl groups excluding tert-OH is 2. The monoisotopic (exact) mass is 966 g/mol. The van der Waals surface area contributed by atoms with Crippen molar-refractivity contribution in [1.82, 2.24) is 21.0 Å². The number of benzene rings is 4. The Morgan fingerprint density at radius 2 is 1.30 bits per heavy atom. The predicted molar refractivity (Wildman–Crippen MR) is 255 cm³/mol. The van der Waals surface area contributed by atoms with Crippen molar-refractivity contribution in [3.63, 3.8) is 0 Å². The number of hydrogen-bond acceptors (Lipinski definition) is 14. The Labute approximate surface area is 391 Å². The Balaban J connectivity index is 0.000000227. The van der Waals surface area contributed by atoms with Crippen molar-refractivity contribution < 1.29 is 24.2 Å². The Morgan fingerprint density at radius 1 is 0.797 bits per heavy atom. The van der Waals surface area contributed by atoms with E-state index >= 15 is 0 Å². The first-order valence-electron chi connectivity index (χ1n) is 18.5. The number of rotatable bonds is 10. The Hall–Kier alpha value is -6.54. The number of aliphatic hydroxyl groups is 2. The highest BCUT2D eigenvalue weighted by Crippen LogP contribution is 2.43. The van der Waals surface area contributed by atoms with Crippen molar-refractivity contribution in [3.8, 4) is 23.6 Å². The van der Waals surface area contributed by atoms with Crippen molar-refractivity contribution in [2.24, 2.45) is 0 Å². The molecule has 6 N–H and O–H groups in total. The van der Waals surface area contributed by atoms with Gasteiger partial charge in [-0.05, 0) is 88.5 Å². The Bertz CT molecular complexity index is 2990. The van der Waals surface area contributed by atoms with Crippen LogP contribution in [0.2, 0.25) is 10.0 Å². The Kier molecular flexibility index (Phi) is 17.2. The minimum absolute atomic E-state index is 0.207. The number of carbonyl (C=O) groups excluding carboxylic acids is 2. The van der Waals surface area contributed by atoms with E-state index in [9.17, 15) is 19.8 Å². The maximum atomic E-state index is 12.6. The molecule has 15 nitrogen and oxygen atoms in total. The molecule has 0 spiro atoms. The van der Waals surface area contributed by atoms with Gasteiger partial charge in [0.25, 0.3) is 11.8 Å². The largest absolute Gasteiger partial charge is 0.418 e. The van der Waals surface area contributed by atoms with Gasteiger partial charge in [0.2, 0.25) is 23.2 Å². The maximum Gasteiger partial charge on any atom is 0.269 e. The fraction of sp³-hybridized carbons (Fsp3) is 0.163. The second-order valence-electron chi connectivity index (χ2n) is 13.2. The molecule has 0 radical (unpaired) electrons. The summed E-state index contributed by atoms with van der Waals surface area (Å²) >= 11 is 19.7. The van der Waals surface area contributed by atoms with Crippen molar-refractivity contribution in [2.75, 3.05) is 17.3 Å². The first-order chi connectivity index (χ1) is 30.8. The van der Waals surface area contributed by atoms with Gasteiger partial charge in [0, 0.05) is 53.4 Å². The third-order valence-electron chi connectivity index (χ3n) is 8.97. The van der Waals surface area contributed by atoms with Crippen molar-refractivity contribution in [3.05, 3.63) is 139 Å². The van der Waals surface area contributed by atoms with Gasteiger partial charge in [0.1, 0.15) is 12.1 Å². The molecule has 64 heavy (non-hydrogen) atoms. The van der Waals surface area contributed by atoms with Crippen LogP contribution in [0.25, 0.3) is 41.3 Å². The molecular weight excluding hydrogens is 935 g/mol. The minimum Gasteiger partial charge on any atom is -0.418 e. The van der Waals surface area contributed by atoms with E-state index in [4.69, 9.17) is 51.3 Å². The van der Waals surface area contributed by atoms with E-state index in [2.05, 4.69) is 59.2 Å². The molecule has 2 amide bonds. The van der Waals surface area contributed by atoms with E-state index in [1.54, 1.807) is 66.2 Å². The van der Waals surface area contributed by atoms with E-state index in [1.807, 2.05) is 12.7 Å². The molecule has 21 heteroatoms. The van der Waals surface area contributed by atoms with Gasteiger partial charge in [-0.3, -0.25) is 20.4 Å². The normalized spacial score (nSPS) is 12.3. The van der Waals surface area contributed by atoms with Crippen LogP contribution in [-0.4, -0.2) is 57.1 Å². The predicted octanol–water partition coefficient (Wildman–Crippen LogP) is 10.2. The van der Waals surface area contributed by atoms with Crippen LogP contribution in [0.4, 0.5) is 22.7 Å². The molecule has 0 unspecified atom stereocenters. The van der Waals surface area contributed by atoms with Gasteiger partial charge < -0.3 is 25.3 Å². The zero-order valence-corrected chi connectivity index (χ0v) is 38.5. The molecule has 4 aromatic carbocycles. The Morgan fingerprint density at radius 3 is 1.77 bits per heavy atom. The number of thiophene rings is 2. The standard InChI is InChI=1S/C21H16ClN5O3S.C21H14ClN5O2S.CH3PS/c1-11(28)18(21(30)27-26-20(29)13-5-3-12(9-23)4-6-13)25-15-7-8-16(24-2)19-17(15)14(22)10-31-19;1-11(28)18(21-27-26-20(29-21)13-5-3-12(9-23)4-6-13)25-15-7-8-16(24-2)19-17(15)14(22)10-30-19;1-2-3/h3-8,10-11,18,25,28H,1H3,(H,26,29)(H,27,30);3-8,10-11,18,25,28H,1H3;1H3/t2*11-,18+;/m00./s1. The second kappa shape index (κ2) is 22.7. The average molecular weight is 968 g/mol. The molecule has 3 heterocycles. The van der Waals surface area contributed by atoms with Gasteiger partial charge in [-0.15, -0.1) is 10.2 Å². The van der Waals surface area contributed by atoms with Gasteiger partial charge in [-0.1, -0.05) is 47.1 Å². The quantitative estimate of drug-likeness (QED) is 0.0429. The third kappa shape index (κ3) is 11.5. The van der Waals surface area contributed by atoms with E-state index in [1.165, 1.54) is 53.9 Å². The fourth-order valence-corrected chi connectivity index (χ4v) is 8.46. The number of nitriles is 2. The molecule has 0 aliphatic heterocycles. The van der Waals surface area contributed by atoms with Gasteiger partial charge in [-0.2, -0.15) is 33.2 Å². The summed E-state index contributed by atoms with van der Waals surface area (Å²) in [6.45, 7) is 19.6. The molecule has 0 bridgehead atoms. The van der Waals surface area contributed by atoms with Gasteiger partial charge in [0.15, 0.2) is 0 Å². The molecule has 0 fully saturated rings. The van der Waals surface area contributed by atoms with Gasteiger partial charge >= 0.3 is 0 Å². The summed E-state index contributed by atoms with van der Waals surface area (Å²) in [6.07, 6.45) is -1.97. The van der Waals surface area contributed by atoms with E-state index in [0.717, 1.165) is 12.1 Å². The van der Waals surface area contributed by atoms with Crippen LogP contribution in [-0.2, 0) is 16.6 Å². The van der Waals surface area contributed by atoms with E-state index in [0.29, 0.717) is 65.0 Å². The summed E-state index contributed by atoms with van der Waals surface area (Å²) in [5.41, 5.74) is 8.51. The van der Waals surface area contributed by atoms with Gasteiger partial charge in [0.05, 0.1) is 58.7 Å². The molecule has 0 aliphatic rings. The van der Waals surface area contributed by atoms with E-state index < -0.39 is 36.1 Å². The number of nitrogens with zero attached hydrogens (tertiary/aromatic N) is 6. The fourth-order valence-electron chi connectivity index (χ4n) is 5.87. The first-order valence-corrected chi connectivity index (χ1v) is 23.3. The minimum atomic E-state index is -1.11. The van der Waals surface area contributed by atoms with Crippen LogP contribution in [0.5, 0.6) is 0 Å². The van der Waals surface area contributed by atoms with Crippen LogP contribution < -0.4 is 21.5 Å². The highest BCUT2D eigenvalue weighted by Gasteiger charge is 2.27. The number of hydrogen-bond donors (Lipinski definition) is 6. The topological polar surface area (TPSA) is 218 Å². The number of aromatic nitrogens is 2. The van der Waals surface area contributed by atoms with Crippen molar-refractivity contribution >= 4 is 120 Å². The number of anilines is 2. The maximum absolute atomic E-state index is 12.6. The molecule has 7 rings (SSSR count). The third-order valence-corrected chi connectivity index (χ3v) is 11.8. The van der Waals surface area contributed by atoms with Crippen molar-refractivity contribution in [2.45, 2.75) is 38.1 Å². The highest BCUT2D eigenvalue weighted by molar-refractivity contribution is 7.96. The molecule has 0 saturated heterocycles. The molecule has 4 atom stereocenters. The summed E-state index contributed by atoms with van der Waals surface area (Å²) in [4.78, 5) is 31.9. The lowest BCUT2D eigenvalue weighted by molar-refractivity contribution is -0.124. The smallest absolute Gasteiger partial charge is 0.269 e. The van der Waals surface area contributed by atoms with Crippen molar-refractivity contribution in [1.29, 1.82) is 10.5 Å². The van der Waals surface area contributed by atoms with Crippen LogP contribution in [0, 0.1) is 35.8 Å². The first kappa shape index (κ1) is 48.5. The number of fused-ring (bicyclic) bond motifs is 2. The van der Waals surface area contributed by atoms with Crippen LogP contribution in [0.1, 0.15) is 47.3 Å². The van der Waals surface area contributed by atoms with Gasteiger partial charge in [-0.25, -0.2) is 9.69 Å². The SMILES string of the molecule is CP=S.[C-]#[N+]c1ccc(N[C@@H](C(=O)NNC(=O)c2ccc(C#N)cc2)[C@H](C)O)c2c(Cl)csc12.[C-]#[N+]c1ccc(N[C@@H](c2nnc(-c3ccc(C#N)cc3)o2)[C@H](C)O)c2c(Cl)csc12. The molecule has 0 saturated carbocycles. The zero-order chi connectivity index (χ0) is 46.5. The molecule has 0 aliphatic carbocycles. The molecule has 7 aromatic rings. The number of halogens is 2. The lowest BCUT2D eigenvalue weighted by Crippen LogP contribution is -2.52. The summed E-state index contributed by atoms with van der Waals surface area (Å²) in [6, 6.07) is 21.5. The van der Waals surface area contributed by atoms with Crippen LogP contribution in [0.3, 0.4) is 0 Å². The number of amides is 2. The number of hydrazine groups is 1. The average Bonchev–Trinajstić information content (AvgIpc) is 4.06. The molecule has 322 valence electrons. The van der Waals surface area contributed by atoms with Crippen LogP contribution >= 0.6 is 53.2 Å². The summed E-state index contributed by atoms with van der Waals surface area (Å²) in [7, 11) is 1.00. The summed E-state index contributed by atoms with van der Waals surface area (Å²) in [5, 5.41) is 58.3. The van der Waals surface area contributed by atoms with E-state index in [-0.39, 0.29) is 17.3 Å². The number of carbonyl (C=O) groups is 2. The summed E-state index contributed by atoms with van der Waals surface area (Å²) in [5.74, 6) is -0.764. The highest BCUT2D eigenvalue weighted by atomic mass is 35.5. The van der Waals surface area contributed by atoms with Crippen LogP contribution in [0.15, 0.2) is 88.0 Å². The lowest BCUT2D eigenvalue weighted by atomic mass is 10.1. The summed E-state index contributed by atoms with van der Waals surface area (Å²) < 4.78 is 7.24. The number of nitrogens with one attached hydrogen (secondary N) is 4.